The maximum atomic E-state index is 11.0. The maximum Gasteiger partial charge on any atom is 0.308 e. The Labute approximate surface area is 150 Å². The molecule has 1 fully saturated rings. The molecule has 0 aliphatic carbocycles. The van der Waals surface area contributed by atoms with Crippen molar-refractivity contribution in [1.82, 2.24) is 5.06 Å². The fourth-order valence-corrected chi connectivity index (χ4v) is 2.94. The van der Waals surface area contributed by atoms with Gasteiger partial charge in [0, 0.05) is 6.54 Å². The second kappa shape index (κ2) is 11.5. The summed E-state index contributed by atoms with van der Waals surface area (Å²) < 4.78 is 4.94. The molecular weight excluding hydrogens is 322 g/mol. The van der Waals surface area contributed by atoms with Crippen LogP contribution in [0.4, 0.5) is 0 Å². The smallest absolute Gasteiger partial charge is 0.308 e. The highest BCUT2D eigenvalue weighted by Gasteiger charge is 2.17. The molecule has 0 bridgehead atoms. The molecule has 0 unspecified atom stereocenters. The van der Waals surface area contributed by atoms with Crippen LogP contribution >= 0.6 is 12.6 Å². The van der Waals surface area contributed by atoms with Gasteiger partial charge in [0.2, 0.25) is 0 Å². The molecule has 4 nitrogen and oxygen atoms in total. The van der Waals surface area contributed by atoms with Gasteiger partial charge in [0.05, 0.1) is 13.0 Å². The van der Waals surface area contributed by atoms with Gasteiger partial charge in [-0.25, -0.2) is 0 Å². The van der Waals surface area contributed by atoms with Crippen LogP contribution in [-0.2, 0) is 27.4 Å². The number of carbonyl (C=O) groups is 1. The number of hydrogen-bond donors (Lipinski definition) is 1. The Balaban J connectivity index is 1.57. The van der Waals surface area contributed by atoms with Gasteiger partial charge in [-0.3, -0.25) is 9.63 Å². The first kappa shape index (κ1) is 19.3. The molecule has 0 N–H and O–H groups in total. The van der Waals surface area contributed by atoms with E-state index in [0.717, 1.165) is 17.7 Å². The number of hydroxylamine groups is 2. The van der Waals surface area contributed by atoms with E-state index < -0.39 is 0 Å². The molecule has 1 aliphatic heterocycles. The van der Waals surface area contributed by atoms with Crippen molar-refractivity contribution in [2.45, 2.75) is 58.0 Å². The molecule has 134 valence electrons. The molecule has 1 aliphatic rings. The molecule has 1 saturated heterocycles. The molecule has 1 aromatic rings. The number of ether oxygens (including phenoxy) is 1. The lowest BCUT2D eigenvalue weighted by molar-refractivity contribution is -0.233. The van der Waals surface area contributed by atoms with Gasteiger partial charge >= 0.3 is 5.97 Å². The Morgan fingerprint density at radius 3 is 2.33 bits per heavy atom. The van der Waals surface area contributed by atoms with Gasteiger partial charge in [-0.15, -0.1) is 0 Å². The number of aryl methyl sites for hydroxylation is 1. The van der Waals surface area contributed by atoms with E-state index in [4.69, 9.17) is 9.57 Å². The van der Waals surface area contributed by atoms with Gasteiger partial charge < -0.3 is 4.74 Å². The molecule has 0 aromatic heterocycles. The molecule has 0 radical (unpaired) electrons. The lowest BCUT2D eigenvalue weighted by Gasteiger charge is -2.24. The molecule has 24 heavy (non-hydrogen) atoms. The molecule has 1 heterocycles. The van der Waals surface area contributed by atoms with Crippen LogP contribution in [0, 0.1) is 0 Å². The number of carbonyl (C=O) groups excluding carboxylic acids is 1. The van der Waals surface area contributed by atoms with Gasteiger partial charge in [0.1, 0.15) is 0 Å². The summed E-state index contributed by atoms with van der Waals surface area (Å²) in [6.07, 6.45) is 9.34. The SMILES string of the molecule is O=C1CCN(OCc2ccc(CCCCCCCCS)cc2)CO1. The lowest BCUT2D eigenvalue weighted by atomic mass is 10.0. The van der Waals surface area contributed by atoms with Crippen LogP contribution in [0.3, 0.4) is 0 Å². The van der Waals surface area contributed by atoms with Crippen molar-refractivity contribution >= 4 is 18.6 Å². The van der Waals surface area contributed by atoms with Crippen LogP contribution in [-0.4, -0.2) is 30.1 Å². The van der Waals surface area contributed by atoms with Crippen LogP contribution in [0.5, 0.6) is 0 Å². The van der Waals surface area contributed by atoms with Gasteiger partial charge in [0.15, 0.2) is 6.73 Å². The van der Waals surface area contributed by atoms with Gasteiger partial charge in [-0.1, -0.05) is 49.9 Å². The van der Waals surface area contributed by atoms with Crippen LogP contribution < -0.4 is 0 Å². The maximum absolute atomic E-state index is 11.0. The number of cyclic esters (lactones) is 1. The summed E-state index contributed by atoms with van der Waals surface area (Å²) in [6.45, 7) is 1.35. The molecule has 5 heteroatoms. The number of nitrogens with zero attached hydrogens (tertiary/aromatic N) is 1. The quantitative estimate of drug-likeness (QED) is 0.369. The van der Waals surface area contributed by atoms with Crippen molar-refractivity contribution in [3.63, 3.8) is 0 Å². The number of esters is 1. The summed E-state index contributed by atoms with van der Waals surface area (Å²) in [4.78, 5) is 16.6. The monoisotopic (exact) mass is 351 g/mol. The largest absolute Gasteiger partial charge is 0.447 e. The van der Waals surface area contributed by atoms with Crippen molar-refractivity contribution in [3.8, 4) is 0 Å². The summed E-state index contributed by atoms with van der Waals surface area (Å²) in [5.74, 6) is 0.861. The summed E-state index contributed by atoms with van der Waals surface area (Å²) in [7, 11) is 0. The number of unbranched alkanes of at least 4 members (excludes halogenated alkanes) is 5. The molecule has 1 aromatic carbocycles. The van der Waals surface area contributed by atoms with Crippen molar-refractivity contribution in [2.75, 3.05) is 19.0 Å². The standard InChI is InChI=1S/C19H29NO3S/c21-19-12-13-20(16-22-19)23-15-18-10-8-17(9-11-18)7-5-3-1-2-4-6-14-24/h8-11,24H,1-7,12-16H2. The topological polar surface area (TPSA) is 38.8 Å². The highest BCUT2D eigenvalue weighted by atomic mass is 32.1. The van der Waals surface area contributed by atoms with Crippen LogP contribution in [0.15, 0.2) is 24.3 Å². The zero-order chi connectivity index (χ0) is 17.0. The Hall–Kier alpha value is -1.04. The van der Waals surface area contributed by atoms with Crippen molar-refractivity contribution in [3.05, 3.63) is 35.4 Å². The van der Waals surface area contributed by atoms with Crippen molar-refractivity contribution in [2.24, 2.45) is 0 Å². The number of benzene rings is 1. The molecule has 0 amide bonds. The van der Waals surface area contributed by atoms with E-state index in [-0.39, 0.29) is 12.7 Å². The van der Waals surface area contributed by atoms with E-state index in [1.54, 1.807) is 5.06 Å². The highest BCUT2D eigenvalue weighted by molar-refractivity contribution is 7.80. The van der Waals surface area contributed by atoms with E-state index in [1.165, 1.54) is 44.1 Å². The number of thiol groups is 1. The summed E-state index contributed by atoms with van der Waals surface area (Å²) in [6, 6.07) is 8.63. The third kappa shape index (κ3) is 7.69. The average Bonchev–Trinajstić information content (AvgIpc) is 2.61. The normalized spacial score (nSPS) is 15.5. The Morgan fingerprint density at radius 1 is 1.00 bits per heavy atom. The Kier molecular flexibility index (Phi) is 9.24. The summed E-state index contributed by atoms with van der Waals surface area (Å²) >= 11 is 4.24. The minimum Gasteiger partial charge on any atom is -0.447 e. The lowest BCUT2D eigenvalue weighted by Crippen LogP contribution is -2.35. The molecule has 2 rings (SSSR count). The third-order valence-corrected chi connectivity index (χ3v) is 4.56. The minimum atomic E-state index is -0.152. The zero-order valence-corrected chi connectivity index (χ0v) is 15.3. The fourth-order valence-electron chi connectivity index (χ4n) is 2.71. The van der Waals surface area contributed by atoms with Crippen molar-refractivity contribution in [1.29, 1.82) is 0 Å². The van der Waals surface area contributed by atoms with E-state index in [1.807, 2.05) is 0 Å². The first-order valence-electron chi connectivity index (χ1n) is 9.00. The van der Waals surface area contributed by atoms with E-state index in [9.17, 15) is 4.79 Å². The van der Waals surface area contributed by atoms with Crippen molar-refractivity contribution < 1.29 is 14.4 Å². The number of hydrogen-bond acceptors (Lipinski definition) is 5. The first-order chi connectivity index (χ1) is 11.8. The second-order valence-electron chi connectivity index (χ2n) is 6.29. The minimum absolute atomic E-state index is 0.152. The van der Waals surface area contributed by atoms with Gasteiger partial charge in [0.25, 0.3) is 0 Å². The summed E-state index contributed by atoms with van der Waals surface area (Å²) in [5, 5.41) is 1.70. The highest BCUT2D eigenvalue weighted by Crippen LogP contribution is 2.13. The molecular formula is C19H29NO3S. The second-order valence-corrected chi connectivity index (χ2v) is 6.73. The van der Waals surface area contributed by atoms with E-state index >= 15 is 0 Å². The molecule has 0 atom stereocenters. The van der Waals surface area contributed by atoms with Crippen LogP contribution in [0.2, 0.25) is 0 Å². The first-order valence-corrected chi connectivity index (χ1v) is 9.63. The predicted octanol–water partition coefficient (Wildman–Crippen LogP) is 4.14. The fraction of sp³-hybridized carbons (Fsp3) is 0.632. The zero-order valence-electron chi connectivity index (χ0n) is 14.4. The van der Waals surface area contributed by atoms with E-state index in [0.29, 0.717) is 19.6 Å². The Bertz CT molecular complexity index is 468. The van der Waals surface area contributed by atoms with E-state index in [2.05, 4.69) is 36.9 Å². The summed E-state index contributed by atoms with van der Waals surface area (Å²) in [5.41, 5.74) is 2.53. The third-order valence-electron chi connectivity index (χ3n) is 4.25. The van der Waals surface area contributed by atoms with Crippen LogP contribution in [0.1, 0.15) is 56.1 Å². The number of rotatable bonds is 11. The van der Waals surface area contributed by atoms with Gasteiger partial charge in [-0.2, -0.15) is 17.7 Å². The molecule has 0 spiro atoms. The van der Waals surface area contributed by atoms with Crippen LogP contribution in [0.25, 0.3) is 0 Å². The Morgan fingerprint density at radius 2 is 1.67 bits per heavy atom. The molecule has 0 saturated carbocycles. The average molecular weight is 352 g/mol. The predicted molar refractivity (Wildman–Crippen MR) is 98.8 cm³/mol. The van der Waals surface area contributed by atoms with Gasteiger partial charge in [-0.05, 0) is 36.1 Å².